The number of rotatable bonds is 1. The molecule has 2 rings (SSSR count). The van der Waals surface area contributed by atoms with Gasteiger partial charge in [0.05, 0.1) is 4.90 Å². The quantitative estimate of drug-likeness (QED) is 0.751. The molecule has 0 bridgehead atoms. The van der Waals surface area contributed by atoms with Crippen molar-refractivity contribution in [2.24, 2.45) is 0 Å². The zero-order chi connectivity index (χ0) is 11.9. The van der Waals surface area contributed by atoms with Crippen LogP contribution in [0.15, 0.2) is 17.0 Å². The van der Waals surface area contributed by atoms with E-state index < -0.39 is 15.7 Å². The molecule has 1 aromatic rings. The van der Waals surface area contributed by atoms with Crippen LogP contribution in [-0.2, 0) is 9.84 Å². The van der Waals surface area contributed by atoms with E-state index in [1.807, 2.05) is 0 Å². The summed E-state index contributed by atoms with van der Waals surface area (Å²) in [5, 5.41) is 0. The summed E-state index contributed by atoms with van der Waals surface area (Å²) in [6, 6.07) is 2.22. The van der Waals surface area contributed by atoms with Crippen molar-refractivity contribution in [1.82, 2.24) is 0 Å². The second-order valence-electron chi connectivity index (χ2n) is 3.74. The molecule has 16 heavy (non-hydrogen) atoms. The van der Waals surface area contributed by atoms with Crippen molar-refractivity contribution in [3.8, 4) is 11.5 Å². The van der Waals surface area contributed by atoms with Crippen molar-refractivity contribution in [1.29, 1.82) is 0 Å². The first-order chi connectivity index (χ1) is 7.38. The van der Waals surface area contributed by atoms with Gasteiger partial charge < -0.3 is 9.47 Å². The van der Waals surface area contributed by atoms with E-state index in [0.717, 1.165) is 12.3 Å². The largest absolute Gasteiger partial charge is 0.483 e. The van der Waals surface area contributed by atoms with Gasteiger partial charge in [0.2, 0.25) is 0 Å². The predicted molar refractivity (Wildman–Crippen MR) is 55.1 cm³/mol. The Morgan fingerprint density at radius 3 is 2.75 bits per heavy atom. The average molecular weight is 246 g/mol. The smallest absolute Gasteiger partial charge is 0.197 e. The molecular formula is C10H11FO4S. The third-order valence-electron chi connectivity index (χ3n) is 2.20. The molecule has 0 saturated heterocycles. The van der Waals surface area contributed by atoms with Crippen LogP contribution >= 0.6 is 0 Å². The van der Waals surface area contributed by atoms with Gasteiger partial charge in [0.1, 0.15) is 12.7 Å². The molecule has 6 heteroatoms. The highest BCUT2D eigenvalue weighted by atomic mass is 32.2. The Labute approximate surface area is 92.9 Å². The minimum atomic E-state index is -3.45. The lowest BCUT2D eigenvalue weighted by Gasteiger charge is -2.24. The standard InChI is InChI=1S/C10H11FO4S/c1-6-5-14-10-8(11)3-7(16(2,12)13)4-9(10)15-6/h3-4,6H,5H2,1-2H3. The maximum absolute atomic E-state index is 13.5. The summed E-state index contributed by atoms with van der Waals surface area (Å²) in [7, 11) is -3.45. The third kappa shape index (κ3) is 1.97. The Morgan fingerprint density at radius 1 is 1.44 bits per heavy atom. The number of hydrogen-bond acceptors (Lipinski definition) is 4. The van der Waals surface area contributed by atoms with Gasteiger partial charge in [-0.05, 0) is 13.0 Å². The molecule has 1 atom stereocenters. The van der Waals surface area contributed by atoms with Gasteiger partial charge in [-0.1, -0.05) is 0 Å². The van der Waals surface area contributed by atoms with Crippen LogP contribution in [0.25, 0.3) is 0 Å². The van der Waals surface area contributed by atoms with E-state index >= 15 is 0 Å². The van der Waals surface area contributed by atoms with Crippen LogP contribution < -0.4 is 9.47 Å². The fourth-order valence-electron chi connectivity index (χ4n) is 1.44. The molecule has 88 valence electrons. The summed E-state index contributed by atoms with van der Waals surface area (Å²) in [6.45, 7) is 2.01. The zero-order valence-electron chi connectivity index (χ0n) is 8.86. The van der Waals surface area contributed by atoms with E-state index in [1.54, 1.807) is 6.92 Å². The first-order valence-electron chi connectivity index (χ1n) is 4.71. The molecule has 0 fully saturated rings. The lowest BCUT2D eigenvalue weighted by molar-refractivity contribution is 0.0988. The van der Waals surface area contributed by atoms with Gasteiger partial charge in [-0.25, -0.2) is 12.8 Å². The van der Waals surface area contributed by atoms with Crippen molar-refractivity contribution < 1.29 is 22.3 Å². The molecule has 0 radical (unpaired) electrons. The molecule has 0 spiro atoms. The number of ether oxygens (including phenoxy) is 2. The number of hydrogen-bond donors (Lipinski definition) is 0. The second kappa shape index (κ2) is 3.62. The molecule has 0 aliphatic carbocycles. The third-order valence-corrected chi connectivity index (χ3v) is 3.29. The highest BCUT2D eigenvalue weighted by Crippen LogP contribution is 2.36. The van der Waals surface area contributed by atoms with Crippen molar-refractivity contribution in [3.05, 3.63) is 17.9 Å². The molecule has 0 saturated carbocycles. The van der Waals surface area contributed by atoms with Crippen LogP contribution in [0, 0.1) is 5.82 Å². The van der Waals surface area contributed by atoms with Crippen molar-refractivity contribution in [2.45, 2.75) is 17.9 Å². The molecule has 1 unspecified atom stereocenters. The van der Waals surface area contributed by atoms with Gasteiger partial charge in [-0.15, -0.1) is 0 Å². The molecule has 1 heterocycles. The van der Waals surface area contributed by atoms with Gasteiger partial charge in [0.25, 0.3) is 0 Å². The lowest BCUT2D eigenvalue weighted by Crippen LogP contribution is -2.26. The Morgan fingerprint density at radius 2 is 2.12 bits per heavy atom. The van der Waals surface area contributed by atoms with Gasteiger partial charge in [0, 0.05) is 12.3 Å². The van der Waals surface area contributed by atoms with Crippen LogP contribution in [-0.4, -0.2) is 27.4 Å². The Hall–Kier alpha value is -1.30. The van der Waals surface area contributed by atoms with Crippen molar-refractivity contribution >= 4 is 9.84 Å². The molecule has 1 aliphatic heterocycles. The van der Waals surface area contributed by atoms with Crippen LogP contribution in [0.3, 0.4) is 0 Å². The summed E-state index contributed by atoms with van der Waals surface area (Å²) in [5.74, 6) is -0.602. The molecular weight excluding hydrogens is 235 g/mol. The Balaban J connectivity index is 2.56. The highest BCUT2D eigenvalue weighted by Gasteiger charge is 2.24. The topological polar surface area (TPSA) is 52.6 Å². The fourth-order valence-corrected chi connectivity index (χ4v) is 2.08. The first-order valence-corrected chi connectivity index (χ1v) is 6.60. The zero-order valence-corrected chi connectivity index (χ0v) is 9.67. The average Bonchev–Trinajstić information content (AvgIpc) is 2.15. The number of fused-ring (bicyclic) bond motifs is 1. The van der Waals surface area contributed by atoms with Crippen molar-refractivity contribution in [3.63, 3.8) is 0 Å². The van der Waals surface area contributed by atoms with E-state index in [9.17, 15) is 12.8 Å². The van der Waals surface area contributed by atoms with Gasteiger partial charge in [-0.3, -0.25) is 0 Å². The summed E-state index contributed by atoms with van der Waals surface area (Å²) < 4.78 is 46.6. The van der Waals surface area contributed by atoms with Crippen molar-refractivity contribution in [2.75, 3.05) is 12.9 Å². The van der Waals surface area contributed by atoms with Gasteiger partial charge in [-0.2, -0.15) is 0 Å². The van der Waals surface area contributed by atoms with Crippen LogP contribution in [0.1, 0.15) is 6.92 Å². The summed E-state index contributed by atoms with van der Waals surface area (Å²) in [4.78, 5) is -0.110. The van der Waals surface area contributed by atoms with Gasteiger partial charge in [0.15, 0.2) is 27.2 Å². The summed E-state index contributed by atoms with van der Waals surface area (Å²) >= 11 is 0. The maximum Gasteiger partial charge on any atom is 0.197 e. The van der Waals surface area contributed by atoms with E-state index in [4.69, 9.17) is 9.47 Å². The molecule has 1 aliphatic rings. The number of benzene rings is 1. The van der Waals surface area contributed by atoms with E-state index in [1.165, 1.54) is 6.07 Å². The Kier molecular flexibility index (Phi) is 2.53. The van der Waals surface area contributed by atoms with E-state index in [-0.39, 0.29) is 29.1 Å². The highest BCUT2D eigenvalue weighted by molar-refractivity contribution is 7.90. The Bertz CT molecular complexity index is 524. The molecule has 0 aromatic heterocycles. The van der Waals surface area contributed by atoms with E-state index in [0.29, 0.717) is 0 Å². The van der Waals surface area contributed by atoms with Crippen LogP contribution in [0.2, 0.25) is 0 Å². The normalized spacial score (nSPS) is 19.6. The lowest BCUT2D eigenvalue weighted by atomic mass is 10.2. The first kappa shape index (κ1) is 11.2. The van der Waals surface area contributed by atoms with Gasteiger partial charge >= 0.3 is 0 Å². The van der Waals surface area contributed by atoms with Crippen LogP contribution in [0.5, 0.6) is 11.5 Å². The summed E-state index contributed by atoms with van der Waals surface area (Å²) in [6.07, 6.45) is 0.795. The molecule has 0 N–H and O–H groups in total. The molecule has 0 amide bonds. The molecule has 4 nitrogen and oxygen atoms in total. The fraction of sp³-hybridized carbons (Fsp3) is 0.400. The minimum absolute atomic E-state index is 0.0227. The SMILES string of the molecule is CC1COc2c(F)cc(S(C)(=O)=O)cc2O1. The van der Waals surface area contributed by atoms with E-state index in [2.05, 4.69) is 0 Å². The van der Waals surface area contributed by atoms with Crippen LogP contribution in [0.4, 0.5) is 4.39 Å². The second-order valence-corrected chi connectivity index (χ2v) is 5.76. The molecule has 1 aromatic carbocycles. The summed E-state index contributed by atoms with van der Waals surface area (Å²) in [5.41, 5.74) is 0. The maximum atomic E-state index is 13.5. The number of sulfone groups is 1. The predicted octanol–water partition coefficient (Wildman–Crippen LogP) is 1.39. The minimum Gasteiger partial charge on any atom is -0.483 e. The monoisotopic (exact) mass is 246 g/mol. The number of halogens is 1.